The second-order valence-corrected chi connectivity index (χ2v) is 3.69. The molecule has 0 aliphatic carbocycles. The first-order valence-corrected chi connectivity index (χ1v) is 5.56. The highest BCUT2D eigenvalue weighted by molar-refractivity contribution is 5.32. The maximum Gasteiger partial charge on any atom is 0.132 e. The lowest BCUT2D eigenvalue weighted by molar-refractivity contribution is 0.340. The molecule has 0 atom stereocenters. The number of nitrogens with two attached hydrogens (primary N) is 1. The molecule has 2 rings (SSSR count). The summed E-state index contributed by atoms with van der Waals surface area (Å²) in [7, 11) is 0. The number of hydrogen-bond donors (Lipinski definition) is 1. The van der Waals surface area contributed by atoms with E-state index in [1.165, 1.54) is 0 Å². The highest BCUT2D eigenvalue weighted by Crippen LogP contribution is 2.13. The van der Waals surface area contributed by atoms with Crippen molar-refractivity contribution in [2.75, 3.05) is 12.3 Å². The number of nitrogen functional groups attached to an aromatic ring is 1. The number of aromatic nitrogens is 2. The van der Waals surface area contributed by atoms with Gasteiger partial charge in [-0.1, -0.05) is 12.1 Å². The largest absolute Gasteiger partial charge is 0.494 e. The van der Waals surface area contributed by atoms with E-state index in [9.17, 15) is 0 Å². The summed E-state index contributed by atoms with van der Waals surface area (Å²) in [6.07, 6.45) is 3.94. The monoisotopic (exact) mass is 229 g/mol. The van der Waals surface area contributed by atoms with Gasteiger partial charge in [0.15, 0.2) is 0 Å². The molecule has 88 valence electrons. The Kier molecular flexibility index (Phi) is 3.55. The first kappa shape index (κ1) is 11.4. The number of nitrogens with zero attached hydrogens (tertiary/aromatic N) is 2. The van der Waals surface area contributed by atoms with Gasteiger partial charge in [0.2, 0.25) is 0 Å². The Morgan fingerprint density at radius 1 is 1.12 bits per heavy atom. The van der Waals surface area contributed by atoms with Gasteiger partial charge in [0, 0.05) is 6.42 Å². The average Bonchev–Trinajstić information content (AvgIpc) is 2.35. The van der Waals surface area contributed by atoms with Crippen LogP contribution in [0.5, 0.6) is 5.75 Å². The molecule has 4 heteroatoms. The fraction of sp³-hybridized carbons (Fsp3) is 0.231. The van der Waals surface area contributed by atoms with Crippen LogP contribution in [0, 0.1) is 0 Å². The third-order valence-corrected chi connectivity index (χ3v) is 2.32. The van der Waals surface area contributed by atoms with Gasteiger partial charge in [-0.25, -0.2) is 9.97 Å². The van der Waals surface area contributed by atoms with Crippen LogP contribution in [0.15, 0.2) is 36.7 Å². The minimum atomic E-state index is 0.584. The van der Waals surface area contributed by atoms with Crippen molar-refractivity contribution in [2.24, 2.45) is 0 Å². The fourth-order valence-corrected chi connectivity index (χ4v) is 1.51. The van der Waals surface area contributed by atoms with Gasteiger partial charge in [0.25, 0.3) is 0 Å². The van der Waals surface area contributed by atoms with Gasteiger partial charge >= 0.3 is 0 Å². The van der Waals surface area contributed by atoms with E-state index in [4.69, 9.17) is 10.5 Å². The minimum Gasteiger partial charge on any atom is -0.494 e. The van der Waals surface area contributed by atoms with Crippen molar-refractivity contribution in [3.8, 4) is 5.75 Å². The van der Waals surface area contributed by atoms with E-state index in [1.54, 1.807) is 12.4 Å². The minimum absolute atomic E-state index is 0.584. The van der Waals surface area contributed by atoms with Crippen molar-refractivity contribution in [2.45, 2.75) is 13.3 Å². The molecule has 0 aliphatic rings. The molecule has 2 N–H and O–H groups in total. The zero-order chi connectivity index (χ0) is 12.1. The first-order chi connectivity index (χ1) is 8.28. The summed E-state index contributed by atoms with van der Waals surface area (Å²) in [4.78, 5) is 8.33. The summed E-state index contributed by atoms with van der Waals surface area (Å²) in [6.45, 7) is 2.65. The van der Waals surface area contributed by atoms with E-state index in [2.05, 4.69) is 9.97 Å². The van der Waals surface area contributed by atoms with Gasteiger partial charge in [0.1, 0.15) is 11.6 Å². The van der Waals surface area contributed by atoms with Crippen LogP contribution in [0.4, 0.5) is 5.69 Å². The van der Waals surface area contributed by atoms with Crippen LogP contribution < -0.4 is 10.5 Å². The van der Waals surface area contributed by atoms with Crippen molar-refractivity contribution < 1.29 is 4.74 Å². The quantitative estimate of drug-likeness (QED) is 0.871. The maximum absolute atomic E-state index is 5.53. The Labute approximate surface area is 100 Å². The maximum atomic E-state index is 5.53. The molecule has 0 unspecified atom stereocenters. The van der Waals surface area contributed by atoms with Gasteiger partial charge in [-0.3, -0.25) is 0 Å². The van der Waals surface area contributed by atoms with Crippen LogP contribution in [0.1, 0.15) is 18.3 Å². The zero-order valence-corrected chi connectivity index (χ0v) is 9.76. The van der Waals surface area contributed by atoms with Crippen LogP contribution in [0.3, 0.4) is 0 Å². The summed E-state index contributed by atoms with van der Waals surface area (Å²) in [5.41, 5.74) is 7.27. The molecule has 0 saturated carbocycles. The lowest BCUT2D eigenvalue weighted by atomic mass is 10.1. The first-order valence-electron chi connectivity index (χ1n) is 5.56. The van der Waals surface area contributed by atoms with Crippen LogP contribution in [-0.2, 0) is 6.42 Å². The van der Waals surface area contributed by atoms with E-state index < -0.39 is 0 Å². The van der Waals surface area contributed by atoms with E-state index >= 15 is 0 Å². The van der Waals surface area contributed by atoms with E-state index in [1.807, 2.05) is 31.2 Å². The van der Waals surface area contributed by atoms with Crippen LogP contribution in [0.2, 0.25) is 0 Å². The molecule has 17 heavy (non-hydrogen) atoms. The molecule has 1 aromatic carbocycles. The summed E-state index contributed by atoms with van der Waals surface area (Å²) in [6, 6.07) is 7.95. The zero-order valence-electron chi connectivity index (χ0n) is 9.76. The number of anilines is 1. The third-order valence-electron chi connectivity index (χ3n) is 2.32. The molecule has 2 aromatic rings. The summed E-state index contributed by atoms with van der Waals surface area (Å²) >= 11 is 0. The van der Waals surface area contributed by atoms with Crippen LogP contribution in [-0.4, -0.2) is 16.6 Å². The standard InChI is InChI=1S/C13H15N3O/c1-2-17-12-5-3-10(4-6-12)7-13-15-8-11(14)9-16-13/h3-6,8-9H,2,7,14H2,1H3. The van der Waals surface area contributed by atoms with Gasteiger partial charge in [0.05, 0.1) is 24.7 Å². The van der Waals surface area contributed by atoms with Crippen molar-refractivity contribution in [1.29, 1.82) is 0 Å². The van der Waals surface area contributed by atoms with Gasteiger partial charge in [-0.2, -0.15) is 0 Å². The fourth-order valence-electron chi connectivity index (χ4n) is 1.51. The Morgan fingerprint density at radius 3 is 2.35 bits per heavy atom. The summed E-state index contributed by atoms with van der Waals surface area (Å²) in [5, 5.41) is 0. The molecule has 0 aliphatic heterocycles. The Bertz CT molecular complexity index is 465. The normalized spacial score (nSPS) is 10.2. The van der Waals surface area contributed by atoms with Crippen LogP contribution in [0.25, 0.3) is 0 Å². The lowest BCUT2D eigenvalue weighted by Crippen LogP contribution is -1.98. The molecule has 1 aromatic heterocycles. The molecular weight excluding hydrogens is 214 g/mol. The van der Waals surface area contributed by atoms with Crippen molar-refractivity contribution >= 4 is 5.69 Å². The van der Waals surface area contributed by atoms with E-state index in [0.717, 1.165) is 17.1 Å². The van der Waals surface area contributed by atoms with E-state index in [0.29, 0.717) is 18.7 Å². The molecular formula is C13H15N3O. The van der Waals surface area contributed by atoms with Gasteiger partial charge in [-0.15, -0.1) is 0 Å². The number of ether oxygens (including phenoxy) is 1. The Hall–Kier alpha value is -2.10. The number of benzene rings is 1. The van der Waals surface area contributed by atoms with E-state index in [-0.39, 0.29) is 0 Å². The van der Waals surface area contributed by atoms with Crippen molar-refractivity contribution in [3.63, 3.8) is 0 Å². The topological polar surface area (TPSA) is 61.0 Å². The summed E-state index contributed by atoms with van der Waals surface area (Å²) < 4.78 is 5.38. The Balaban J connectivity index is 2.05. The predicted molar refractivity (Wildman–Crippen MR) is 66.9 cm³/mol. The SMILES string of the molecule is CCOc1ccc(Cc2ncc(N)cn2)cc1. The van der Waals surface area contributed by atoms with Gasteiger partial charge in [-0.05, 0) is 24.6 Å². The second-order valence-electron chi connectivity index (χ2n) is 3.69. The molecule has 0 amide bonds. The Morgan fingerprint density at radius 2 is 1.76 bits per heavy atom. The molecule has 0 fully saturated rings. The molecule has 1 heterocycles. The molecule has 0 radical (unpaired) electrons. The molecule has 4 nitrogen and oxygen atoms in total. The predicted octanol–water partition coefficient (Wildman–Crippen LogP) is 2.05. The second kappa shape index (κ2) is 5.30. The highest BCUT2D eigenvalue weighted by atomic mass is 16.5. The van der Waals surface area contributed by atoms with Crippen LogP contribution >= 0.6 is 0 Å². The molecule has 0 saturated heterocycles. The summed E-state index contributed by atoms with van der Waals surface area (Å²) in [5.74, 6) is 1.65. The van der Waals surface area contributed by atoms with Crippen molar-refractivity contribution in [1.82, 2.24) is 9.97 Å². The number of rotatable bonds is 4. The highest BCUT2D eigenvalue weighted by Gasteiger charge is 1.99. The third kappa shape index (κ3) is 3.17. The smallest absolute Gasteiger partial charge is 0.132 e. The average molecular weight is 229 g/mol. The molecule has 0 spiro atoms. The lowest BCUT2D eigenvalue weighted by Gasteiger charge is -2.04. The van der Waals surface area contributed by atoms with Gasteiger partial charge < -0.3 is 10.5 Å². The molecule has 0 bridgehead atoms. The number of hydrogen-bond acceptors (Lipinski definition) is 4. The van der Waals surface area contributed by atoms with Crippen molar-refractivity contribution in [3.05, 3.63) is 48.0 Å².